The van der Waals surface area contributed by atoms with Gasteiger partial charge in [0.15, 0.2) is 0 Å². The second-order valence-corrected chi connectivity index (χ2v) is 10.2. The zero-order chi connectivity index (χ0) is 18.4. The van der Waals surface area contributed by atoms with Crippen molar-refractivity contribution in [1.29, 1.82) is 0 Å². The molecule has 2 N–H and O–H groups in total. The molecule has 142 valence electrons. The molecule has 2 aromatic rings. The molecule has 2 aliphatic carbocycles. The van der Waals surface area contributed by atoms with Gasteiger partial charge in [-0.2, -0.15) is 5.10 Å². The molecular formula is C17H18F5N3S. The first kappa shape index (κ1) is 16.4. The second-order valence-electron chi connectivity index (χ2n) is 7.81. The molecule has 0 radical (unpaired) electrons. The van der Waals surface area contributed by atoms with E-state index in [0.29, 0.717) is 29.3 Å². The minimum Gasteiger partial charge on any atom is -0.378 e. The Balaban J connectivity index is 1.66. The first-order valence-corrected chi connectivity index (χ1v) is 10.6. The molecule has 2 heterocycles. The molecule has 0 unspecified atom stereocenters. The van der Waals surface area contributed by atoms with Crippen molar-refractivity contribution in [3.63, 3.8) is 0 Å². The van der Waals surface area contributed by atoms with E-state index in [-0.39, 0.29) is 23.8 Å². The summed E-state index contributed by atoms with van der Waals surface area (Å²) in [4.78, 5) is -1.78. The Morgan fingerprint density at radius 2 is 1.81 bits per heavy atom. The lowest BCUT2D eigenvalue weighted by Crippen LogP contribution is -2.35. The number of hydrogen-bond donors (Lipinski definition) is 2. The smallest absolute Gasteiger partial charge is 0.310 e. The summed E-state index contributed by atoms with van der Waals surface area (Å²) in [7, 11) is -9.69. The molecule has 1 aromatic carbocycles. The van der Waals surface area contributed by atoms with E-state index >= 15 is 0 Å². The summed E-state index contributed by atoms with van der Waals surface area (Å²) in [5.41, 5.74) is 1.87. The van der Waals surface area contributed by atoms with Crippen LogP contribution in [0.5, 0.6) is 0 Å². The highest BCUT2D eigenvalue weighted by Crippen LogP contribution is 3.02. The van der Waals surface area contributed by atoms with Crippen LogP contribution in [0.3, 0.4) is 0 Å². The minimum absolute atomic E-state index is 0.0626. The summed E-state index contributed by atoms with van der Waals surface area (Å²) in [6, 6.07) is 2.31. The molecule has 3 aliphatic rings. The molecule has 2 bridgehead atoms. The van der Waals surface area contributed by atoms with Crippen LogP contribution in [-0.2, 0) is 0 Å². The van der Waals surface area contributed by atoms with E-state index in [1.807, 2.05) is 0 Å². The number of rotatable bonds is 2. The largest absolute Gasteiger partial charge is 0.378 e. The number of H-pyrrole nitrogens is 1. The number of aromatic amines is 1. The molecule has 9 heteroatoms. The van der Waals surface area contributed by atoms with Gasteiger partial charge in [-0.1, -0.05) is 19.4 Å². The molecule has 5 atom stereocenters. The fraction of sp³-hybridized carbons (Fsp3) is 0.471. The van der Waals surface area contributed by atoms with Crippen molar-refractivity contribution in [2.24, 2.45) is 17.8 Å². The Bertz CT molecular complexity index is 880. The van der Waals surface area contributed by atoms with Crippen LogP contribution in [0, 0.1) is 17.8 Å². The first-order chi connectivity index (χ1) is 12.0. The summed E-state index contributed by atoms with van der Waals surface area (Å²) < 4.78 is 66.6. The average molecular weight is 391 g/mol. The molecule has 2 saturated carbocycles. The summed E-state index contributed by atoms with van der Waals surface area (Å²) >= 11 is 0. The Labute approximate surface area is 147 Å². The minimum atomic E-state index is -9.69. The third-order valence-corrected chi connectivity index (χ3v) is 7.53. The molecule has 2 fully saturated rings. The maximum Gasteiger partial charge on any atom is 0.310 e. The van der Waals surface area contributed by atoms with Gasteiger partial charge in [-0.25, -0.2) is 0 Å². The average Bonchev–Trinajstić information content (AvgIpc) is 3.28. The van der Waals surface area contributed by atoms with E-state index in [2.05, 4.69) is 15.5 Å². The highest BCUT2D eigenvalue weighted by Gasteiger charge is 2.66. The van der Waals surface area contributed by atoms with Crippen molar-refractivity contribution in [2.75, 3.05) is 5.32 Å². The van der Waals surface area contributed by atoms with Gasteiger partial charge in [-0.05, 0) is 66.7 Å². The molecule has 1 aromatic heterocycles. The summed E-state index contributed by atoms with van der Waals surface area (Å²) in [6.07, 6.45) is 6.44. The van der Waals surface area contributed by atoms with Crippen LogP contribution < -0.4 is 5.32 Å². The van der Waals surface area contributed by atoms with Gasteiger partial charge in [0.2, 0.25) is 0 Å². The van der Waals surface area contributed by atoms with E-state index in [4.69, 9.17) is 0 Å². The predicted octanol–water partition coefficient (Wildman–Crippen LogP) is 6.36. The van der Waals surface area contributed by atoms with Crippen molar-refractivity contribution in [3.05, 3.63) is 41.7 Å². The number of halogens is 5. The number of nitrogens with zero attached hydrogens (tertiary/aromatic N) is 1. The fourth-order valence-corrected chi connectivity index (χ4v) is 6.14. The maximum atomic E-state index is 13.3. The number of benzene rings is 1. The van der Waals surface area contributed by atoms with Gasteiger partial charge in [0, 0.05) is 17.4 Å². The number of aromatic nitrogens is 2. The lowest BCUT2D eigenvalue weighted by molar-refractivity contribution is 0.247. The van der Waals surface area contributed by atoms with Crippen LogP contribution in [0.2, 0.25) is 0 Å². The molecular weight excluding hydrogens is 373 g/mol. The Hall–Kier alpha value is -1.77. The van der Waals surface area contributed by atoms with Gasteiger partial charge in [-0.15, -0.1) is 0 Å². The molecule has 3 nitrogen and oxygen atoms in total. The first-order valence-electron chi connectivity index (χ1n) is 8.64. The molecule has 0 spiro atoms. The van der Waals surface area contributed by atoms with Gasteiger partial charge in [0.05, 0.1) is 12.2 Å². The Kier molecular flexibility index (Phi) is 2.76. The van der Waals surface area contributed by atoms with Gasteiger partial charge >= 0.3 is 10.2 Å². The zero-order valence-corrected chi connectivity index (χ0v) is 14.5. The van der Waals surface area contributed by atoms with Gasteiger partial charge in [-0.3, -0.25) is 5.10 Å². The van der Waals surface area contributed by atoms with Crippen LogP contribution in [0.4, 0.5) is 25.1 Å². The summed E-state index contributed by atoms with van der Waals surface area (Å²) in [6.45, 7) is 0. The standard InChI is InChI=1S/C17H18F5N3S/c18-26(19,20,21,22)12-3-4-14-13(6-12)15-9-1-2-10(5-9)16(15)17(25-14)11-7-23-24-8-11/h3-4,6-10,15-17,25H,1-2,5H2,(H,23,24)/t9-,10+,15-,16-,17+/m1/s1. The van der Waals surface area contributed by atoms with Crippen molar-refractivity contribution < 1.29 is 19.4 Å². The van der Waals surface area contributed by atoms with Crippen LogP contribution in [0.1, 0.15) is 42.3 Å². The Morgan fingerprint density at radius 1 is 1.04 bits per heavy atom. The van der Waals surface area contributed by atoms with E-state index in [9.17, 15) is 19.4 Å². The molecule has 0 amide bonds. The SMILES string of the molecule is FS(F)(F)(F)(F)c1ccc2c(c1)[C@H]1[C@@H]3CC[C@@H](C3)[C@H]1[C@H](c1cn[nH]c1)N2. The number of anilines is 1. The number of hydrogen-bond acceptors (Lipinski definition) is 2. The molecule has 26 heavy (non-hydrogen) atoms. The van der Waals surface area contributed by atoms with Crippen molar-refractivity contribution >= 4 is 15.9 Å². The van der Waals surface area contributed by atoms with Gasteiger partial charge in [0.1, 0.15) is 4.90 Å². The van der Waals surface area contributed by atoms with Crippen molar-refractivity contribution in [2.45, 2.75) is 36.1 Å². The third kappa shape index (κ3) is 2.35. The normalized spacial score (nSPS) is 35.2. The lowest BCUT2D eigenvalue weighted by Gasteiger charge is -2.45. The predicted molar refractivity (Wildman–Crippen MR) is 89.9 cm³/mol. The molecule has 5 rings (SSSR count). The summed E-state index contributed by atoms with van der Waals surface area (Å²) in [5, 5.41) is 10.1. The highest BCUT2D eigenvalue weighted by atomic mass is 32.5. The topological polar surface area (TPSA) is 40.7 Å². The lowest BCUT2D eigenvalue weighted by atomic mass is 9.68. The fourth-order valence-electron chi connectivity index (χ4n) is 5.46. The van der Waals surface area contributed by atoms with E-state index in [1.54, 1.807) is 12.4 Å². The van der Waals surface area contributed by atoms with Crippen LogP contribution in [0.25, 0.3) is 0 Å². The molecule has 1 aliphatic heterocycles. The van der Waals surface area contributed by atoms with Gasteiger partial charge in [0.25, 0.3) is 0 Å². The monoisotopic (exact) mass is 391 g/mol. The van der Waals surface area contributed by atoms with Crippen LogP contribution in [0.15, 0.2) is 35.5 Å². The van der Waals surface area contributed by atoms with Crippen molar-refractivity contribution in [1.82, 2.24) is 10.2 Å². The van der Waals surface area contributed by atoms with Crippen LogP contribution in [-0.4, -0.2) is 10.2 Å². The third-order valence-electron chi connectivity index (χ3n) is 6.38. The number of fused-ring (bicyclic) bond motifs is 7. The zero-order valence-electron chi connectivity index (χ0n) is 13.6. The van der Waals surface area contributed by atoms with Crippen LogP contribution >= 0.6 is 10.2 Å². The Morgan fingerprint density at radius 3 is 2.50 bits per heavy atom. The van der Waals surface area contributed by atoms with Gasteiger partial charge < -0.3 is 5.32 Å². The van der Waals surface area contributed by atoms with E-state index < -0.39 is 15.1 Å². The summed E-state index contributed by atoms with van der Waals surface area (Å²) in [5.74, 6) is 0.639. The maximum absolute atomic E-state index is 13.3. The van der Waals surface area contributed by atoms with E-state index in [0.717, 1.165) is 30.9 Å². The second kappa shape index (κ2) is 4.37. The highest BCUT2D eigenvalue weighted by molar-refractivity contribution is 8.45. The quantitative estimate of drug-likeness (QED) is 0.585. The number of nitrogens with one attached hydrogen (secondary N) is 2. The molecule has 0 saturated heterocycles. The van der Waals surface area contributed by atoms with E-state index in [1.165, 1.54) is 0 Å². The van der Waals surface area contributed by atoms with Crippen molar-refractivity contribution in [3.8, 4) is 0 Å².